The Balaban J connectivity index is 1.49. The number of nitro groups is 2. The molecule has 0 heterocycles. The average Bonchev–Trinajstić information content (AvgIpc) is 2.80. The summed E-state index contributed by atoms with van der Waals surface area (Å²) in [6.07, 6.45) is 7.96. The van der Waals surface area contributed by atoms with Gasteiger partial charge in [-0.1, -0.05) is 62.8 Å². The van der Waals surface area contributed by atoms with Crippen molar-refractivity contribution >= 4 is 34.6 Å². The van der Waals surface area contributed by atoms with Gasteiger partial charge in [0.05, 0.1) is 9.85 Å². The van der Waals surface area contributed by atoms with Crippen molar-refractivity contribution in [3.8, 4) is 0 Å². The maximum absolute atomic E-state index is 12.0. The van der Waals surface area contributed by atoms with Crippen molar-refractivity contribution in [1.82, 2.24) is 0 Å². The van der Waals surface area contributed by atoms with E-state index in [2.05, 4.69) is 10.6 Å². The molecule has 0 saturated heterocycles. The van der Waals surface area contributed by atoms with E-state index >= 15 is 0 Å². The van der Waals surface area contributed by atoms with Crippen LogP contribution in [-0.4, -0.2) is 21.7 Å². The van der Waals surface area contributed by atoms with Gasteiger partial charge in [-0.25, -0.2) is 0 Å². The minimum atomic E-state index is -0.516. The van der Waals surface area contributed by atoms with Crippen molar-refractivity contribution in [2.24, 2.45) is 0 Å². The molecule has 10 nitrogen and oxygen atoms in total. The summed E-state index contributed by atoms with van der Waals surface area (Å²) in [5, 5.41) is 27.2. The molecule has 0 bridgehead atoms. The number of carbonyl (C=O) groups excluding carboxylic acids is 2. The summed E-state index contributed by atoms with van der Waals surface area (Å²) in [5.41, 5.74) is 0.200. The third-order valence-electron chi connectivity index (χ3n) is 5.31. The van der Waals surface area contributed by atoms with Gasteiger partial charge in [-0.15, -0.1) is 0 Å². The minimum absolute atomic E-state index is 0.116. The van der Waals surface area contributed by atoms with Crippen LogP contribution < -0.4 is 10.6 Å². The van der Waals surface area contributed by atoms with E-state index in [9.17, 15) is 29.8 Å². The lowest BCUT2D eigenvalue weighted by Gasteiger charge is -2.06. The lowest BCUT2D eigenvalue weighted by molar-refractivity contribution is -0.384. The Hall–Kier alpha value is -3.82. The zero-order valence-electron chi connectivity index (χ0n) is 19.0. The summed E-state index contributed by atoms with van der Waals surface area (Å²) in [4.78, 5) is 45.0. The van der Waals surface area contributed by atoms with Gasteiger partial charge in [-0.3, -0.25) is 29.8 Å². The molecule has 0 saturated carbocycles. The van der Waals surface area contributed by atoms with Crippen LogP contribution in [0.3, 0.4) is 0 Å². The Morgan fingerprint density at radius 1 is 0.588 bits per heavy atom. The minimum Gasteiger partial charge on any atom is -0.320 e. The topological polar surface area (TPSA) is 144 Å². The van der Waals surface area contributed by atoms with Crippen LogP contribution in [0, 0.1) is 20.2 Å². The van der Waals surface area contributed by atoms with E-state index in [4.69, 9.17) is 0 Å². The van der Waals surface area contributed by atoms with Crippen molar-refractivity contribution < 1.29 is 19.4 Å². The van der Waals surface area contributed by atoms with E-state index in [1.807, 2.05) is 0 Å². The molecule has 0 aliphatic carbocycles. The summed E-state index contributed by atoms with van der Waals surface area (Å²) in [5.74, 6) is -0.457. The first-order chi connectivity index (χ1) is 16.4. The molecule has 2 aromatic carbocycles. The fraction of sp³-hybridized carbons (Fsp3) is 0.417. The molecular formula is C24H30N4O6. The molecule has 2 rings (SSSR count). The number of rotatable bonds is 15. The Labute approximate surface area is 198 Å². The number of hydrogen-bond donors (Lipinski definition) is 2. The molecule has 34 heavy (non-hydrogen) atoms. The highest BCUT2D eigenvalue weighted by molar-refractivity contribution is 5.93. The number of nitro benzene ring substituents is 2. The van der Waals surface area contributed by atoms with Crippen LogP contribution in [0.15, 0.2) is 48.5 Å². The van der Waals surface area contributed by atoms with Crippen LogP contribution in [0.1, 0.15) is 64.2 Å². The molecule has 0 atom stereocenters. The van der Waals surface area contributed by atoms with Gasteiger partial charge in [0.1, 0.15) is 11.4 Å². The Bertz CT molecular complexity index is 915. The van der Waals surface area contributed by atoms with Crippen LogP contribution in [0.2, 0.25) is 0 Å². The molecular weight excluding hydrogens is 440 g/mol. The lowest BCUT2D eigenvalue weighted by atomic mass is 10.1. The molecule has 0 spiro atoms. The maximum atomic E-state index is 12.0. The van der Waals surface area contributed by atoms with E-state index < -0.39 is 9.85 Å². The molecule has 0 aromatic heterocycles. The Morgan fingerprint density at radius 3 is 1.26 bits per heavy atom. The van der Waals surface area contributed by atoms with Crippen LogP contribution in [0.4, 0.5) is 22.7 Å². The molecule has 2 N–H and O–H groups in total. The monoisotopic (exact) mass is 470 g/mol. The van der Waals surface area contributed by atoms with Crippen LogP contribution in [0.5, 0.6) is 0 Å². The van der Waals surface area contributed by atoms with Gasteiger partial charge < -0.3 is 10.6 Å². The number of nitrogens with zero attached hydrogens (tertiary/aromatic N) is 2. The van der Waals surface area contributed by atoms with E-state index in [1.54, 1.807) is 24.3 Å². The lowest BCUT2D eigenvalue weighted by Crippen LogP contribution is -2.12. The molecule has 0 fully saturated rings. The summed E-state index contributed by atoms with van der Waals surface area (Å²) >= 11 is 0. The molecule has 2 amide bonds. The number of carbonyl (C=O) groups is 2. The summed E-state index contributed by atoms with van der Waals surface area (Å²) in [7, 11) is 0. The van der Waals surface area contributed by atoms with Gasteiger partial charge in [-0.2, -0.15) is 0 Å². The molecule has 0 aliphatic rings. The number of unbranched alkanes of at least 4 members (excludes halogenated alkanes) is 7. The van der Waals surface area contributed by atoms with Gasteiger partial charge >= 0.3 is 0 Å². The number of benzene rings is 2. The maximum Gasteiger partial charge on any atom is 0.292 e. The third-order valence-corrected chi connectivity index (χ3v) is 5.31. The van der Waals surface area contributed by atoms with Crippen LogP contribution >= 0.6 is 0 Å². The Morgan fingerprint density at radius 2 is 0.912 bits per heavy atom. The zero-order chi connectivity index (χ0) is 24.8. The van der Waals surface area contributed by atoms with Crippen molar-refractivity contribution in [3.63, 3.8) is 0 Å². The average molecular weight is 471 g/mol. The smallest absolute Gasteiger partial charge is 0.292 e. The summed E-state index contributed by atoms with van der Waals surface area (Å²) < 4.78 is 0. The molecule has 0 radical (unpaired) electrons. The van der Waals surface area contributed by atoms with Crippen molar-refractivity contribution in [2.75, 3.05) is 10.6 Å². The molecule has 182 valence electrons. The van der Waals surface area contributed by atoms with Crippen molar-refractivity contribution in [3.05, 3.63) is 68.8 Å². The van der Waals surface area contributed by atoms with Crippen molar-refractivity contribution in [1.29, 1.82) is 0 Å². The highest BCUT2D eigenvalue weighted by atomic mass is 16.6. The number of amides is 2. The normalized spacial score (nSPS) is 10.5. The number of hydrogen-bond acceptors (Lipinski definition) is 6. The second kappa shape index (κ2) is 14.4. The Kier molecular flexibility index (Phi) is 11.2. The first-order valence-electron chi connectivity index (χ1n) is 11.4. The largest absolute Gasteiger partial charge is 0.320 e. The SMILES string of the molecule is O=C(CCCCCCCCCCC(=O)Nc1ccccc1[N+](=O)[O-])Nc1ccccc1[N+](=O)[O-]. The number of nitrogens with one attached hydrogen (secondary N) is 2. The highest BCUT2D eigenvalue weighted by Crippen LogP contribution is 2.24. The summed E-state index contributed by atoms with van der Waals surface area (Å²) in [6, 6.07) is 12.2. The fourth-order valence-corrected chi connectivity index (χ4v) is 3.53. The van der Waals surface area contributed by atoms with E-state index in [1.165, 1.54) is 24.3 Å². The van der Waals surface area contributed by atoms with E-state index in [-0.39, 0.29) is 34.6 Å². The molecule has 0 unspecified atom stereocenters. The first kappa shape index (κ1) is 26.4. The van der Waals surface area contributed by atoms with Gasteiger partial charge in [0.25, 0.3) is 11.4 Å². The highest BCUT2D eigenvalue weighted by Gasteiger charge is 2.15. The molecule has 2 aromatic rings. The number of anilines is 2. The fourth-order valence-electron chi connectivity index (χ4n) is 3.53. The van der Waals surface area contributed by atoms with Gasteiger partial charge in [0.15, 0.2) is 0 Å². The quantitative estimate of drug-likeness (QED) is 0.186. The molecule has 0 aliphatic heterocycles. The van der Waals surface area contributed by atoms with Gasteiger partial charge in [0, 0.05) is 25.0 Å². The van der Waals surface area contributed by atoms with Gasteiger partial charge in [-0.05, 0) is 25.0 Å². The summed E-state index contributed by atoms with van der Waals surface area (Å²) in [6.45, 7) is 0. The molecule has 10 heteroatoms. The number of para-hydroxylation sites is 4. The van der Waals surface area contributed by atoms with Crippen LogP contribution in [-0.2, 0) is 9.59 Å². The van der Waals surface area contributed by atoms with Gasteiger partial charge in [0.2, 0.25) is 11.8 Å². The second-order valence-corrected chi connectivity index (χ2v) is 7.97. The second-order valence-electron chi connectivity index (χ2n) is 7.97. The predicted molar refractivity (Wildman–Crippen MR) is 130 cm³/mol. The first-order valence-corrected chi connectivity index (χ1v) is 11.4. The van der Waals surface area contributed by atoms with E-state index in [0.717, 1.165) is 51.4 Å². The van der Waals surface area contributed by atoms with Crippen molar-refractivity contribution in [2.45, 2.75) is 64.2 Å². The third kappa shape index (κ3) is 9.35. The van der Waals surface area contributed by atoms with Crippen LogP contribution in [0.25, 0.3) is 0 Å². The predicted octanol–water partition coefficient (Wildman–Crippen LogP) is 5.98. The van der Waals surface area contributed by atoms with E-state index in [0.29, 0.717) is 12.8 Å². The standard InChI is InChI=1S/C24H30N4O6/c29-23(25-19-13-9-11-15-21(19)27(31)32)17-7-5-3-1-2-4-6-8-18-24(30)26-20-14-10-12-16-22(20)28(33)34/h9-16H,1-8,17-18H2,(H,25,29)(H,26,30). The zero-order valence-corrected chi connectivity index (χ0v) is 19.0.